The van der Waals surface area contributed by atoms with Gasteiger partial charge in [-0.15, -0.1) is 0 Å². The lowest BCUT2D eigenvalue weighted by Crippen LogP contribution is -2.17. The van der Waals surface area contributed by atoms with Crippen LogP contribution >= 0.6 is 0 Å². The zero-order valence-corrected chi connectivity index (χ0v) is 13.3. The Balaban J connectivity index is 1.80. The average molecular weight is 329 g/mol. The van der Waals surface area contributed by atoms with Gasteiger partial charge in [-0.1, -0.05) is 24.3 Å². The van der Waals surface area contributed by atoms with Crippen molar-refractivity contribution >= 4 is 28.3 Å². The number of carbonyl (C=O) groups excluding carboxylic acids is 1. The molecule has 2 aromatic rings. The van der Waals surface area contributed by atoms with Gasteiger partial charge in [-0.25, -0.2) is 4.79 Å². The molecule has 0 aliphatic heterocycles. The van der Waals surface area contributed by atoms with Gasteiger partial charge in [0.15, 0.2) is 6.61 Å². The van der Waals surface area contributed by atoms with E-state index in [1.54, 1.807) is 12.1 Å². The number of carbonyl (C=O) groups is 2. The Morgan fingerprint density at radius 2 is 1.96 bits per heavy atom. The predicted molar refractivity (Wildman–Crippen MR) is 89.2 cm³/mol. The second-order valence-corrected chi connectivity index (χ2v) is 5.66. The SMILES string of the molecule is CCOC1CC1C(=O)Nc1ccc(OCC(=O)O)c2ccccc12. The van der Waals surface area contributed by atoms with E-state index in [9.17, 15) is 9.59 Å². The second-order valence-electron chi connectivity index (χ2n) is 5.66. The van der Waals surface area contributed by atoms with Crippen molar-refractivity contribution in [3.63, 3.8) is 0 Å². The van der Waals surface area contributed by atoms with Gasteiger partial charge < -0.3 is 19.9 Å². The number of carboxylic acid groups (broad SMARTS) is 1. The van der Waals surface area contributed by atoms with Gasteiger partial charge in [0.25, 0.3) is 0 Å². The zero-order chi connectivity index (χ0) is 17.1. The molecule has 3 rings (SSSR count). The Hall–Kier alpha value is -2.60. The smallest absolute Gasteiger partial charge is 0.341 e. The zero-order valence-electron chi connectivity index (χ0n) is 13.3. The highest BCUT2D eigenvalue weighted by Gasteiger charge is 2.44. The van der Waals surface area contributed by atoms with Gasteiger partial charge in [0, 0.05) is 23.1 Å². The quantitative estimate of drug-likeness (QED) is 0.816. The van der Waals surface area contributed by atoms with Crippen molar-refractivity contribution in [2.75, 3.05) is 18.5 Å². The fraction of sp³-hybridized carbons (Fsp3) is 0.333. The Morgan fingerprint density at radius 3 is 2.67 bits per heavy atom. The summed E-state index contributed by atoms with van der Waals surface area (Å²) in [5, 5.41) is 13.3. The highest BCUT2D eigenvalue weighted by atomic mass is 16.5. The first-order chi connectivity index (χ1) is 11.6. The van der Waals surface area contributed by atoms with Crippen molar-refractivity contribution in [1.29, 1.82) is 0 Å². The molecule has 2 unspecified atom stereocenters. The first-order valence-corrected chi connectivity index (χ1v) is 7.89. The van der Waals surface area contributed by atoms with Gasteiger partial charge in [0.05, 0.1) is 12.0 Å². The van der Waals surface area contributed by atoms with Gasteiger partial charge in [-0.05, 0) is 25.5 Å². The molecule has 1 fully saturated rings. The van der Waals surface area contributed by atoms with Gasteiger partial charge in [-0.2, -0.15) is 0 Å². The van der Waals surface area contributed by atoms with Gasteiger partial charge in [0.1, 0.15) is 5.75 Å². The molecule has 0 heterocycles. The largest absolute Gasteiger partial charge is 0.481 e. The molecule has 0 spiro atoms. The van der Waals surface area contributed by atoms with Crippen molar-refractivity contribution in [3.05, 3.63) is 36.4 Å². The number of rotatable bonds is 7. The van der Waals surface area contributed by atoms with Crippen molar-refractivity contribution < 1.29 is 24.2 Å². The van der Waals surface area contributed by atoms with Crippen LogP contribution in [0.3, 0.4) is 0 Å². The molecule has 0 aromatic heterocycles. The molecule has 24 heavy (non-hydrogen) atoms. The van der Waals surface area contributed by atoms with Gasteiger partial charge in [0.2, 0.25) is 5.91 Å². The van der Waals surface area contributed by atoms with E-state index in [4.69, 9.17) is 14.6 Å². The van der Waals surface area contributed by atoms with Crippen LogP contribution in [-0.4, -0.2) is 36.3 Å². The Labute approximate surface area is 139 Å². The van der Waals surface area contributed by atoms with E-state index >= 15 is 0 Å². The Morgan fingerprint density at radius 1 is 1.21 bits per heavy atom. The molecule has 2 N–H and O–H groups in total. The molecule has 0 radical (unpaired) electrons. The van der Waals surface area contributed by atoms with Crippen molar-refractivity contribution in [2.45, 2.75) is 19.4 Å². The topological polar surface area (TPSA) is 84.9 Å². The number of hydrogen-bond donors (Lipinski definition) is 2. The summed E-state index contributed by atoms with van der Waals surface area (Å²) in [5.41, 5.74) is 0.681. The summed E-state index contributed by atoms with van der Waals surface area (Å²) in [6.07, 6.45) is 0.761. The summed E-state index contributed by atoms with van der Waals surface area (Å²) in [6.45, 7) is 2.11. The predicted octanol–water partition coefficient (Wildman–Crippen LogP) is 2.67. The molecule has 0 bridgehead atoms. The molecule has 6 heteroatoms. The molecule has 126 valence electrons. The van der Waals surface area contributed by atoms with E-state index in [1.807, 2.05) is 31.2 Å². The molecule has 1 amide bonds. The van der Waals surface area contributed by atoms with E-state index in [-0.39, 0.29) is 17.9 Å². The number of benzene rings is 2. The van der Waals surface area contributed by atoms with Crippen LogP contribution in [0.1, 0.15) is 13.3 Å². The second kappa shape index (κ2) is 6.88. The molecule has 1 aliphatic rings. The summed E-state index contributed by atoms with van der Waals surface area (Å²) in [6, 6.07) is 10.8. The first-order valence-electron chi connectivity index (χ1n) is 7.89. The first kappa shape index (κ1) is 16.3. The standard InChI is InChI=1S/C18H19NO5/c1-2-23-16-9-13(16)18(22)19-14-7-8-15(24-10-17(20)21)12-6-4-3-5-11(12)14/h3-8,13,16H,2,9-10H2,1H3,(H,19,22)(H,20,21). The number of carboxylic acids is 1. The minimum atomic E-state index is -1.04. The lowest BCUT2D eigenvalue weighted by molar-refractivity contribution is -0.139. The number of hydrogen-bond acceptors (Lipinski definition) is 4. The highest BCUT2D eigenvalue weighted by Crippen LogP contribution is 2.36. The number of anilines is 1. The lowest BCUT2D eigenvalue weighted by Gasteiger charge is -2.12. The van der Waals surface area contributed by atoms with Crippen molar-refractivity contribution in [3.8, 4) is 5.75 Å². The minimum Gasteiger partial charge on any atom is -0.481 e. The summed E-state index contributed by atoms with van der Waals surface area (Å²) < 4.78 is 10.8. The molecule has 1 saturated carbocycles. The maximum Gasteiger partial charge on any atom is 0.341 e. The molecular formula is C18H19NO5. The number of nitrogens with one attached hydrogen (secondary N) is 1. The van der Waals surface area contributed by atoms with Crippen LogP contribution in [0, 0.1) is 5.92 Å². The summed E-state index contributed by atoms with van der Waals surface area (Å²) >= 11 is 0. The minimum absolute atomic E-state index is 0.0134. The van der Waals surface area contributed by atoms with E-state index in [1.165, 1.54) is 0 Å². The number of fused-ring (bicyclic) bond motifs is 1. The van der Waals surface area contributed by atoms with Crippen LogP contribution in [0.25, 0.3) is 10.8 Å². The third-order valence-corrected chi connectivity index (χ3v) is 3.94. The van der Waals surface area contributed by atoms with Crippen LogP contribution in [0.15, 0.2) is 36.4 Å². The fourth-order valence-corrected chi connectivity index (χ4v) is 2.72. The molecule has 6 nitrogen and oxygen atoms in total. The van der Waals surface area contributed by atoms with Crippen LogP contribution in [0.2, 0.25) is 0 Å². The number of amides is 1. The molecule has 0 saturated heterocycles. The van der Waals surface area contributed by atoms with E-state index < -0.39 is 12.6 Å². The maximum absolute atomic E-state index is 12.3. The Bertz CT molecular complexity index is 773. The van der Waals surface area contributed by atoms with Crippen LogP contribution in [0.4, 0.5) is 5.69 Å². The van der Waals surface area contributed by atoms with Crippen LogP contribution < -0.4 is 10.1 Å². The molecule has 1 aliphatic carbocycles. The third-order valence-electron chi connectivity index (χ3n) is 3.94. The van der Waals surface area contributed by atoms with E-state index in [0.29, 0.717) is 18.0 Å². The van der Waals surface area contributed by atoms with Gasteiger partial charge in [-0.3, -0.25) is 4.79 Å². The fourth-order valence-electron chi connectivity index (χ4n) is 2.72. The Kier molecular flexibility index (Phi) is 4.66. The molecule has 2 atom stereocenters. The number of ether oxygens (including phenoxy) is 2. The maximum atomic E-state index is 12.3. The van der Waals surface area contributed by atoms with Gasteiger partial charge >= 0.3 is 5.97 Å². The van der Waals surface area contributed by atoms with Crippen molar-refractivity contribution in [2.24, 2.45) is 5.92 Å². The van der Waals surface area contributed by atoms with Crippen LogP contribution in [-0.2, 0) is 14.3 Å². The van der Waals surface area contributed by atoms with Crippen molar-refractivity contribution in [1.82, 2.24) is 0 Å². The highest BCUT2D eigenvalue weighted by molar-refractivity contribution is 6.05. The van der Waals surface area contributed by atoms with E-state index in [2.05, 4.69) is 5.32 Å². The molecule has 2 aromatic carbocycles. The average Bonchev–Trinajstić information content (AvgIpc) is 3.34. The van der Waals surface area contributed by atoms with Crippen LogP contribution in [0.5, 0.6) is 5.75 Å². The monoisotopic (exact) mass is 329 g/mol. The van der Waals surface area contributed by atoms with E-state index in [0.717, 1.165) is 17.2 Å². The lowest BCUT2D eigenvalue weighted by atomic mass is 10.1. The third kappa shape index (κ3) is 3.49. The number of aliphatic carboxylic acids is 1. The summed E-state index contributed by atoms with van der Waals surface area (Å²) in [5.74, 6) is -0.721. The normalized spacial score (nSPS) is 19.0. The molecular weight excluding hydrogens is 310 g/mol. The summed E-state index contributed by atoms with van der Waals surface area (Å²) in [7, 11) is 0. The summed E-state index contributed by atoms with van der Waals surface area (Å²) in [4.78, 5) is 23.0.